The first-order valence-electron chi connectivity index (χ1n) is 7.57. The van der Waals surface area contributed by atoms with Crippen LogP contribution in [0.25, 0.3) is 0 Å². The lowest BCUT2D eigenvalue weighted by Gasteiger charge is -2.33. The Hall–Kier alpha value is -0.810. The first-order chi connectivity index (χ1) is 10.5. The molecule has 0 aliphatic carbocycles. The second kappa shape index (κ2) is 8.16. The van der Waals surface area contributed by atoms with Crippen molar-refractivity contribution >= 4 is 29.1 Å². The lowest BCUT2D eigenvalue weighted by molar-refractivity contribution is -0.132. The van der Waals surface area contributed by atoms with Crippen LogP contribution in [0.4, 0.5) is 0 Å². The first-order valence-corrected chi connectivity index (χ1v) is 8.32. The average molecular weight is 344 g/mol. The van der Waals surface area contributed by atoms with Crippen LogP contribution in [-0.2, 0) is 11.3 Å². The molecule has 22 heavy (non-hydrogen) atoms. The number of carbonyl (C=O) groups is 1. The Balaban J connectivity index is 1.87. The minimum Gasteiger partial charge on any atom is -0.340 e. The minimum atomic E-state index is 0.128. The van der Waals surface area contributed by atoms with Crippen LogP contribution in [0.1, 0.15) is 18.4 Å². The predicted molar refractivity (Wildman–Crippen MR) is 91.5 cm³/mol. The summed E-state index contributed by atoms with van der Waals surface area (Å²) in [6.45, 7) is 2.93. The molecule has 2 rings (SSSR count). The summed E-state index contributed by atoms with van der Waals surface area (Å²) in [5.41, 5.74) is 0.983. The van der Waals surface area contributed by atoms with Gasteiger partial charge in [-0.05, 0) is 44.1 Å². The molecule has 1 fully saturated rings. The van der Waals surface area contributed by atoms with Crippen molar-refractivity contribution in [3.63, 3.8) is 0 Å². The number of likely N-dealkylation sites (N-methyl/N-ethyl adjacent to an activating group) is 2. The number of nitrogens with zero attached hydrogens (tertiary/aromatic N) is 2. The van der Waals surface area contributed by atoms with E-state index in [9.17, 15) is 4.79 Å². The zero-order valence-electron chi connectivity index (χ0n) is 13.1. The molecule has 1 unspecified atom stereocenters. The molecule has 6 heteroatoms. The van der Waals surface area contributed by atoms with Gasteiger partial charge >= 0.3 is 0 Å². The van der Waals surface area contributed by atoms with Gasteiger partial charge in [-0.25, -0.2) is 0 Å². The van der Waals surface area contributed by atoms with Crippen molar-refractivity contribution in [1.82, 2.24) is 15.1 Å². The van der Waals surface area contributed by atoms with E-state index in [-0.39, 0.29) is 5.91 Å². The fourth-order valence-electron chi connectivity index (χ4n) is 2.75. The molecule has 1 saturated heterocycles. The highest BCUT2D eigenvalue weighted by atomic mass is 35.5. The van der Waals surface area contributed by atoms with Gasteiger partial charge in [0.1, 0.15) is 0 Å². The summed E-state index contributed by atoms with van der Waals surface area (Å²) < 4.78 is 0. The molecule has 1 atom stereocenters. The number of halogens is 2. The molecule has 1 aromatic carbocycles. The predicted octanol–water partition coefficient (Wildman–Crippen LogP) is 2.64. The molecule has 1 aromatic rings. The maximum absolute atomic E-state index is 12.4. The zero-order valence-corrected chi connectivity index (χ0v) is 14.6. The number of benzene rings is 1. The maximum Gasteiger partial charge on any atom is 0.236 e. The van der Waals surface area contributed by atoms with Gasteiger partial charge in [0.2, 0.25) is 5.91 Å². The van der Waals surface area contributed by atoms with E-state index in [0.29, 0.717) is 29.2 Å². The summed E-state index contributed by atoms with van der Waals surface area (Å²) in [5.74, 6) is 0.128. The Labute approximate surface area is 142 Å². The van der Waals surface area contributed by atoms with Crippen LogP contribution in [0.2, 0.25) is 10.0 Å². The highest BCUT2D eigenvalue weighted by Crippen LogP contribution is 2.23. The third kappa shape index (κ3) is 4.85. The molecule has 122 valence electrons. The molecular formula is C16H23Cl2N3O. The van der Waals surface area contributed by atoms with E-state index in [1.54, 1.807) is 11.0 Å². The largest absolute Gasteiger partial charge is 0.340 e. The highest BCUT2D eigenvalue weighted by Gasteiger charge is 2.21. The van der Waals surface area contributed by atoms with Gasteiger partial charge in [0, 0.05) is 26.2 Å². The molecule has 1 aliphatic heterocycles. The van der Waals surface area contributed by atoms with Crippen molar-refractivity contribution in [2.24, 2.45) is 0 Å². The van der Waals surface area contributed by atoms with Gasteiger partial charge in [-0.15, -0.1) is 0 Å². The summed E-state index contributed by atoms with van der Waals surface area (Å²) >= 11 is 11.9. The quantitative estimate of drug-likeness (QED) is 0.892. The van der Waals surface area contributed by atoms with E-state index in [0.717, 1.165) is 25.1 Å². The number of rotatable bonds is 5. The highest BCUT2D eigenvalue weighted by molar-refractivity contribution is 6.42. The molecular weight excluding hydrogens is 321 g/mol. The molecule has 0 spiro atoms. The van der Waals surface area contributed by atoms with Gasteiger partial charge in [-0.3, -0.25) is 9.69 Å². The first kappa shape index (κ1) is 17.5. The van der Waals surface area contributed by atoms with Crippen LogP contribution >= 0.6 is 23.2 Å². The summed E-state index contributed by atoms with van der Waals surface area (Å²) in [5, 5.41) is 4.35. The van der Waals surface area contributed by atoms with Crippen molar-refractivity contribution in [1.29, 1.82) is 0 Å². The monoisotopic (exact) mass is 343 g/mol. The van der Waals surface area contributed by atoms with E-state index in [1.807, 2.05) is 26.2 Å². The average Bonchev–Trinajstić information content (AvgIpc) is 2.51. The summed E-state index contributed by atoms with van der Waals surface area (Å²) in [4.78, 5) is 16.3. The summed E-state index contributed by atoms with van der Waals surface area (Å²) in [6, 6.07) is 5.96. The second-order valence-corrected chi connectivity index (χ2v) is 6.68. The van der Waals surface area contributed by atoms with Crippen LogP contribution < -0.4 is 5.32 Å². The van der Waals surface area contributed by atoms with Crippen LogP contribution in [-0.4, -0.2) is 55.5 Å². The lowest BCUT2D eigenvalue weighted by atomic mass is 10.1. The van der Waals surface area contributed by atoms with Gasteiger partial charge in [-0.2, -0.15) is 0 Å². The van der Waals surface area contributed by atoms with E-state index in [2.05, 4.69) is 10.2 Å². The number of piperidine rings is 1. The number of hydrogen-bond acceptors (Lipinski definition) is 3. The van der Waals surface area contributed by atoms with E-state index in [1.165, 1.54) is 6.42 Å². The molecule has 1 amide bonds. The molecule has 1 N–H and O–H groups in total. The minimum absolute atomic E-state index is 0.128. The molecule has 0 saturated carbocycles. The second-order valence-electron chi connectivity index (χ2n) is 5.86. The molecule has 1 aliphatic rings. The van der Waals surface area contributed by atoms with Crippen molar-refractivity contribution in [2.45, 2.75) is 25.4 Å². The van der Waals surface area contributed by atoms with Crippen molar-refractivity contribution < 1.29 is 4.79 Å². The van der Waals surface area contributed by atoms with Crippen LogP contribution in [0.5, 0.6) is 0 Å². The standard InChI is InChI=1S/C16H23Cl2N3O/c1-19-13-4-3-7-21(10-13)11-16(22)20(2)9-12-5-6-14(17)15(18)8-12/h5-6,8,13,19H,3-4,7,9-11H2,1-2H3. The number of amides is 1. The van der Waals surface area contributed by atoms with Gasteiger partial charge < -0.3 is 10.2 Å². The molecule has 0 aromatic heterocycles. The Morgan fingerprint density at radius 2 is 2.18 bits per heavy atom. The fraction of sp³-hybridized carbons (Fsp3) is 0.562. The summed E-state index contributed by atoms with van der Waals surface area (Å²) in [7, 11) is 3.80. The lowest BCUT2D eigenvalue weighted by Crippen LogP contribution is -2.48. The Morgan fingerprint density at radius 3 is 2.86 bits per heavy atom. The van der Waals surface area contributed by atoms with Gasteiger partial charge in [-0.1, -0.05) is 29.3 Å². The Kier molecular flexibility index (Phi) is 6.50. The number of hydrogen-bond donors (Lipinski definition) is 1. The topological polar surface area (TPSA) is 35.6 Å². The molecule has 4 nitrogen and oxygen atoms in total. The number of nitrogens with one attached hydrogen (secondary N) is 1. The maximum atomic E-state index is 12.4. The normalized spacial score (nSPS) is 19.2. The Bertz CT molecular complexity index is 524. The Morgan fingerprint density at radius 1 is 1.41 bits per heavy atom. The molecule has 0 radical (unpaired) electrons. The third-order valence-electron chi connectivity index (χ3n) is 4.10. The van der Waals surface area contributed by atoms with Crippen LogP contribution in [0.15, 0.2) is 18.2 Å². The van der Waals surface area contributed by atoms with E-state index in [4.69, 9.17) is 23.2 Å². The van der Waals surface area contributed by atoms with Crippen molar-refractivity contribution in [2.75, 3.05) is 33.7 Å². The fourth-order valence-corrected chi connectivity index (χ4v) is 3.07. The molecule has 0 bridgehead atoms. The van der Waals surface area contributed by atoms with Crippen LogP contribution in [0.3, 0.4) is 0 Å². The van der Waals surface area contributed by atoms with Gasteiger partial charge in [0.15, 0.2) is 0 Å². The van der Waals surface area contributed by atoms with Crippen molar-refractivity contribution in [3.05, 3.63) is 33.8 Å². The molecule has 1 heterocycles. The zero-order chi connectivity index (χ0) is 16.1. The van der Waals surface area contributed by atoms with Crippen LogP contribution in [0, 0.1) is 0 Å². The smallest absolute Gasteiger partial charge is 0.236 e. The SMILES string of the molecule is CNC1CCCN(CC(=O)N(C)Cc2ccc(Cl)c(Cl)c2)C1. The number of carbonyl (C=O) groups excluding carboxylic acids is 1. The van der Waals surface area contributed by atoms with E-state index < -0.39 is 0 Å². The summed E-state index contributed by atoms with van der Waals surface area (Å²) in [6.07, 6.45) is 2.32. The van der Waals surface area contributed by atoms with Gasteiger partial charge in [0.05, 0.1) is 16.6 Å². The number of likely N-dealkylation sites (tertiary alicyclic amines) is 1. The van der Waals surface area contributed by atoms with E-state index >= 15 is 0 Å². The third-order valence-corrected chi connectivity index (χ3v) is 4.84. The van der Waals surface area contributed by atoms with Gasteiger partial charge in [0.25, 0.3) is 0 Å². The van der Waals surface area contributed by atoms with Crippen molar-refractivity contribution in [3.8, 4) is 0 Å².